The lowest BCUT2D eigenvalue weighted by Crippen LogP contribution is -2.25. The Labute approximate surface area is 125 Å². The van der Waals surface area contributed by atoms with E-state index in [1.54, 1.807) is 19.2 Å². The van der Waals surface area contributed by atoms with E-state index in [0.29, 0.717) is 17.7 Å². The number of aliphatic hydroxyl groups is 1. The first kappa shape index (κ1) is 16.9. The van der Waals surface area contributed by atoms with Crippen LogP contribution in [0.2, 0.25) is 0 Å². The molecule has 0 spiro atoms. The van der Waals surface area contributed by atoms with E-state index in [1.165, 1.54) is 6.07 Å². The van der Waals surface area contributed by atoms with Crippen molar-refractivity contribution in [2.45, 2.75) is 6.10 Å². The minimum Gasteiger partial charge on any atom is -0.489 e. The van der Waals surface area contributed by atoms with Gasteiger partial charge in [0.05, 0.1) is 24.3 Å². The van der Waals surface area contributed by atoms with Crippen LogP contribution in [0.1, 0.15) is 10.4 Å². The molecule has 1 aromatic rings. The highest BCUT2D eigenvalue weighted by atomic mass is 79.9. The molecule has 0 aliphatic heterocycles. The molecule has 0 aliphatic carbocycles. The zero-order chi connectivity index (χ0) is 15.0. The summed E-state index contributed by atoms with van der Waals surface area (Å²) in [6.07, 6.45) is -0.847. The molecule has 0 saturated carbocycles. The van der Waals surface area contributed by atoms with Crippen molar-refractivity contribution in [3.63, 3.8) is 0 Å². The molecule has 112 valence electrons. The van der Waals surface area contributed by atoms with E-state index in [0.717, 1.165) is 0 Å². The number of hydrogen-bond donors (Lipinski definition) is 2. The van der Waals surface area contributed by atoms with E-state index in [9.17, 15) is 9.90 Å². The maximum atomic E-state index is 11.1. The quantitative estimate of drug-likeness (QED) is 0.658. The number of aliphatic hydroxyl groups excluding tert-OH is 1. The molecule has 1 aromatic carbocycles. The fourth-order valence-electron chi connectivity index (χ4n) is 1.41. The Balaban J connectivity index is 2.50. The van der Waals surface area contributed by atoms with Crippen LogP contribution in [-0.2, 0) is 9.47 Å². The molecule has 1 rings (SSSR count). The third-order valence-corrected chi connectivity index (χ3v) is 2.98. The molecular formula is C13H17BrO6. The maximum absolute atomic E-state index is 11.1. The van der Waals surface area contributed by atoms with Gasteiger partial charge in [-0.05, 0) is 28.1 Å². The summed E-state index contributed by atoms with van der Waals surface area (Å²) < 4.78 is 15.8. The molecule has 0 radical (unpaired) electrons. The van der Waals surface area contributed by atoms with Gasteiger partial charge in [0.1, 0.15) is 24.0 Å². The Morgan fingerprint density at radius 2 is 2.10 bits per heavy atom. The summed E-state index contributed by atoms with van der Waals surface area (Å²) in [5.41, 5.74) is 0.0341. The fourth-order valence-corrected chi connectivity index (χ4v) is 1.89. The van der Waals surface area contributed by atoms with Crippen LogP contribution in [0.25, 0.3) is 0 Å². The SMILES string of the molecule is COCCOCC(O)COc1c(Br)cccc1C(=O)O. The maximum Gasteiger partial charge on any atom is 0.339 e. The van der Waals surface area contributed by atoms with Gasteiger partial charge in [0.2, 0.25) is 0 Å². The summed E-state index contributed by atoms with van der Waals surface area (Å²) in [6.45, 7) is 0.857. The van der Waals surface area contributed by atoms with Gasteiger partial charge in [0, 0.05) is 7.11 Å². The number of carboxylic acid groups (broad SMARTS) is 1. The molecule has 7 heteroatoms. The first-order valence-corrected chi connectivity index (χ1v) is 6.75. The summed E-state index contributed by atoms with van der Waals surface area (Å²) in [7, 11) is 1.56. The average Bonchev–Trinajstić information content (AvgIpc) is 2.42. The molecule has 0 aliphatic rings. The van der Waals surface area contributed by atoms with Crippen LogP contribution in [0.3, 0.4) is 0 Å². The van der Waals surface area contributed by atoms with Crippen molar-refractivity contribution >= 4 is 21.9 Å². The van der Waals surface area contributed by atoms with Crippen molar-refractivity contribution in [3.05, 3.63) is 28.2 Å². The van der Waals surface area contributed by atoms with Gasteiger partial charge in [-0.1, -0.05) is 6.07 Å². The number of aromatic carboxylic acids is 1. The number of halogens is 1. The van der Waals surface area contributed by atoms with Crippen LogP contribution in [0.15, 0.2) is 22.7 Å². The number of benzene rings is 1. The largest absolute Gasteiger partial charge is 0.489 e. The first-order chi connectivity index (χ1) is 9.56. The molecule has 6 nitrogen and oxygen atoms in total. The Morgan fingerprint density at radius 1 is 1.35 bits per heavy atom. The zero-order valence-electron chi connectivity index (χ0n) is 11.0. The number of hydrogen-bond acceptors (Lipinski definition) is 5. The summed E-state index contributed by atoms with van der Waals surface area (Å²) in [5, 5.41) is 18.7. The molecule has 1 unspecified atom stereocenters. The normalized spacial score (nSPS) is 12.2. The molecule has 20 heavy (non-hydrogen) atoms. The van der Waals surface area contributed by atoms with Crippen molar-refractivity contribution < 1.29 is 29.2 Å². The second-order valence-corrected chi connectivity index (χ2v) is 4.81. The topological polar surface area (TPSA) is 85.2 Å². The highest BCUT2D eigenvalue weighted by Crippen LogP contribution is 2.29. The number of methoxy groups -OCH3 is 1. The van der Waals surface area contributed by atoms with E-state index in [1.807, 2.05) is 0 Å². The average molecular weight is 349 g/mol. The van der Waals surface area contributed by atoms with Gasteiger partial charge in [0.15, 0.2) is 0 Å². The summed E-state index contributed by atoms with van der Waals surface area (Å²) >= 11 is 3.22. The van der Waals surface area contributed by atoms with Gasteiger partial charge in [-0.25, -0.2) is 4.79 Å². The molecule has 0 heterocycles. The summed E-state index contributed by atoms with van der Waals surface area (Å²) in [6, 6.07) is 4.71. The Morgan fingerprint density at radius 3 is 2.75 bits per heavy atom. The van der Waals surface area contributed by atoms with E-state index >= 15 is 0 Å². The Kier molecular flexibility index (Phi) is 7.53. The fraction of sp³-hybridized carbons (Fsp3) is 0.462. The smallest absolute Gasteiger partial charge is 0.339 e. The molecule has 0 bridgehead atoms. The van der Waals surface area contributed by atoms with Crippen LogP contribution >= 0.6 is 15.9 Å². The van der Waals surface area contributed by atoms with Gasteiger partial charge < -0.3 is 24.4 Å². The van der Waals surface area contributed by atoms with Crippen LogP contribution in [0.4, 0.5) is 0 Å². The number of carbonyl (C=O) groups is 1. The van der Waals surface area contributed by atoms with Crippen LogP contribution < -0.4 is 4.74 Å². The van der Waals surface area contributed by atoms with Crippen molar-refractivity contribution in [1.29, 1.82) is 0 Å². The van der Waals surface area contributed by atoms with Crippen LogP contribution in [0.5, 0.6) is 5.75 Å². The monoisotopic (exact) mass is 348 g/mol. The van der Waals surface area contributed by atoms with Gasteiger partial charge in [-0.15, -0.1) is 0 Å². The predicted molar refractivity (Wildman–Crippen MR) is 75.3 cm³/mol. The molecule has 0 aromatic heterocycles. The number of ether oxygens (including phenoxy) is 3. The van der Waals surface area contributed by atoms with Crippen molar-refractivity contribution in [3.8, 4) is 5.75 Å². The first-order valence-electron chi connectivity index (χ1n) is 5.95. The molecule has 0 amide bonds. The van der Waals surface area contributed by atoms with E-state index in [2.05, 4.69) is 15.9 Å². The second kappa shape index (κ2) is 8.91. The van der Waals surface area contributed by atoms with E-state index < -0.39 is 12.1 Å². The highest BCUT2D eigenvalue weighted by molar-refractivity contribution is 9.10. The van der Waals surface area contributed by atoms with Gasteiger partial charge in [-0.2, -0.15) is 0 Å². The lowest BCUT2D eigenvalue weighted by atomic mass is 10.2. The third kappa shape index (κ3) is 5.46. The second-order valence-electron chi connectivity index (χ2n) is 3.95. The summed E-state index contributed by atoms with van der Waals surface area (Å²) in [5.74, 6) is -0.900. The Bertz CT molecular complexity index is 437. The van der Waals surface area contributed by atoms with E-state index in [4.69, 9.17) is 19.3 Å². The minimum absolute atomic E-state index is 0.0341. The molecule has 1 atom stereocenters. The molecule has 0 saturated heterocycles. The summed E-state index contributed by atoms with van der Waals surface area (Å²) in [4.78, 5) is 11.1. The van der Waals surface area contributed by atoms with Gasteiger partial charge in [0.25, 0.3) is 0 Å². The molecule has 0 fully saturated rings. The van der Waals surface area contributed by atoms with Crippen molar-refractivity contribution in [1.82, 2.24) is 0 Å². The predicted octanol–water partition coefficient (Wildman–Crippen LogP) is 1.55. The lowest BCUT2D eigenvalue weighted by molar-refractivity contribution is -0.00449. The van der Waals surface area contributed by atoms with Gasteiger partial charge >= 0.3 is 5.97 Å². The van der Waals surface area contributed by atoms with Crippen LogP contribution in [0, 0.1) is 0 Å². The van der Waals surface area contributed by atoms with Crippen LogP contribution in [-0.4, -0.2) is 55.8 Å². The number of rotatable bonds is 9. The molecular weight excluding hydrogens is 332 g/mol. The highest BCUT2D eigenvalue weighted by Gasteiger charge is 2.15. The molecule has 2 N–H and O–H groups in total. The number of para-hydroxylation sites is 1. The minimum atomic E-state index is -1.09. The Hall–Kier alpha value is -1.15. The van der Waals surface area contributed by atoms with Gasteiger partial charge in [-0.3, -0.25) is 0 Å². The van der Waals surface area contributed by atoms with Crippen molar-refractivity contribution in [2.24, 2.45) is 0 Å². The van der Waals surface area contributed by atoms with Crippen molar-refractivity contribution in [2.75, 3.05) is 33.5 Å². The number of carboxylic acids is 1. The standard InChI is InChI=1S/C13H17BrO6/c1-18-5-6-19-7-9(15)8-20-12-10(13(16)17)3-2-4-11(12)14/h2-4,9,15H,5-8H2,1H3,(H,16,17). The third-order valence-electron chi connectivity index (χ3n) is 2.36. The zero-order valence-corrected chi connectivity index (χ0v) is 12.6. The lowest BCUT2D eigenvalue weighted by Gasteiger charge is -2.15. The van der Waals surface area contributed by atoms with E-state index in [-0.39, 0.29) is 24.5 Å².